The summed E-state index contributed by atoms with van der Waals surface area (Å²) in [6, 6.07) is -0.0844. The Labute approximate surface area is 103 Å². The number of hydrogen-bond acceptors (Lipinski definition) is 5. The number of aromatic nitrogens is 2. The van der Waals surface area contributed by atoms with Crippen molar-refractivity contribution in [2.45, 2.75) is 39.1 Å². The molecule has 0 aliphatic heterocycles. The molecule has 0 radical (unpaired) electrons. The van der Waals surface area contributed by atoms with Crippen LogP contribution in [0.5, 0.6) is 0 Å². The molecule has 1 rings (SSSR count). The van der Waals surface area contributed by atoms with Crippen LogP contribution in [0.25, 0.3) is 0 Å². The molecule has 0 saturated heterocycles. The second-order valence-electron chi connectivity index (χ2n) is 3.66. The summed E-state index contributed by atoms with van der Waals surface area (Å²) in [5.41, 5.74) is 0. The highest BCUT2D eigenvalue weighted by atomic mass is 19.4. The van der Waals surface area contributed by atoms with Gasteiger partial charge in [-0.3, -0.25) is 0 Å². The topological polar surface area (TPSA) is 60.2 Å². The second-order valence-corrected chi connectivity index (χ2v) is 3.66. The van der Waals surface area contributed by atoms with Gasteiger partial charge in [0.05, 0.1) is 6.04 Å². The molecule has 0 bridgehead atoms. The molecule has 1 unspecified atom stereocenters. The number of hydrogen-bond donors (Lipinski definition) is 1. The van der Waals surface area contributed by atoms with Crippen molar-refractivity contribution in [3.05, 3.63) is 11.8 Å². The van der Waals surface area contributed by atoms with E-state index in [2.05, 4.69) is 20.3 Å². The summed E-state index contributed by atoms with van der Waals surface area (Å²) < 4.78 is 45.2. The van der Waals surface area contributed by atoms with Crippen molar-refractivity contribution in [1.82, 2.24) is 15.5 Å². The summed E-state index contributed by atoms with van der Waals surface area (Å²) in [5.74, 6) is 0.413. The first-order chi connectivity index (χ1) is 8.46. The highest BCUT2D eigenvalue weighted by Crippen LogP contribution is 2.17. The van der Waals surface area contributed by atoms with E-state index in [-0.39, 0.29) is 18.5 Å². The zero-order valence-electron chi connectivity index (χ0n) is 10.3. The smallest absolute Gasteiger partial charge is 0.411 e. The predicted octanol–water partition coefficient (Wildman–Crippen LogP) is 2.21. The van der Waals surface area contributed by atoms with Gasteiger partial charge < -0.3 is 14.5 Å². The molecule has 0 spiro atoms. The largest absolute Gasteiger partial charge is 0.421 e. The number of halogens is 3. The molecule has 1 aromatic heterocycles. The predicted molar refractivity (Wildman–Crippen MR) is 56.7 cm³/mol. The van der Waals surface area contributed by atoms with Crippen molar-refractivity contribution in [2.24, 2.45) is 0 Å². The van der Waals surface area contributed by atoms with Gasteiger partial charge in [-0.1, -0.05) is 13.8 Å². The SMILES string of the molecule is CCNC(CC)c1nnc(COCC(F)(F)F)o1. The van der Waals surface area contributed by atoms with Crippen LogP contribution in [0.3, 0.4) is 0 Å². The van der Waals surface area contributed by atoms with E-state index in [0.29, 0.717) is 5.89 Å². The van der Waals surface area contributed by atoms with Crippen LogP contribution in [0.2, 0.25) is 0 Å². The van der Waals surface area contributed by atoms with Crippen molar-refractivity contribution in [3.8, 4) is 0 Å². The van der Waals surface area contributed by atoms with Crippen LogP contribution < -0.4 is 5.32 Å². The van der Waals surface area contributed by atoms with Crippen molar-refractivity contribution in [2.75, 3.05) is 13.2 Å². The maximum atomic E-state index is 11.8. The van der Waals surface area contributed by atoms with Crippen LogP contribution in [0.4, 0.5) is 13.2 Å². The van der Waals surface area contributed by atoms with Gasteiger partial charge in [-0.25, -0.2) is 0 Å². The van der Waals surface area contributed by atoms with Crippen molar-refractivity contribution >= 4 is 0 Å². The molecular weight excluding hydrogens is 251 g/mol. The maximum absolute atomic E-state index is 11.8. The summed E-state index contributed by atoms with van der Waals surface area (Å²) in [4.78, 5) is 0. The Kier molecular flexibility index (Phi) is 5.54. The van der Waals surface area contributed by atoms with E-state index in [1.54, 1.807) is 0 Å². The third-order valence-electron chi connectivity index (χ3n) is 2.13. The fourth-order valence-corrected chi connectivity index (χ4v) is 1.37. The van der Waals surface area contributed by atoms with Gasteiger partial charge in [-0.2, -0.15) is 13.2 Å². The van der Waals surface area contributed by atoms with Gasteiger partial charge in [0.25, 0.3) is 0 Å². The first kappa shape index (κ1) is 14.9. The fraction of sp³-hybridized carbons (Fsp3) is 0.800. The van der Waals surface area contributed by atoms with Crippen LogP contribution in [0.15, 0.2) is 4.42 Å². The van der Waals surface area contributed by atoms with Crippen LogP contribution in [0, 0.1) is 0 Å². The molecule has 1 heterocycles. The molecule has 1 N–H and O–H groups in total. The maximum Gasteiger partial charge on any atom is 0.411 e. The third-order valence-corrected chi connectivity index (χ3v) is 2.13. The Morgan fingerprint density at radius 2 is 2.06 bits per heavy atom. The van der Waals surface area contributed by atoms with Gasteiger partial charge in [0, 0.05) is 0 Å². The molecular formula is C10H16F3N3O2. The molecule has 8 heteroatoms. The van der Waals surface area contributed by atoms with Crippen molar-refractivity contribution < 1.29 is 22.3 Å². The summed E-state index contributed by atoms with van der Waals surface area (Å²) >= 11 is 0. The average Bonchev–Trinajstić information content (AvgIpc) is 2.72. The third kappa shape index (κ3) is 5.01. The molecule has 0 saturated carbocycles. The minimum Gasteiger partial charge on any atom is -0.421 e. The lowest BCUT2D eigenvalue weighted by molar-refractivity contribution is -0.177. The Balaban J connectivity index is 2.47. The first-order valence-electron chi connectivity index (χ1n) is 5.66. The minimum absolute atomic E-state index is 0.0469. The van der Waals surface area contributed by atoms with Crippen molar-refractivity contribution in [3.63, 3.8) is 0 Å². The molecule has 18 heavy (non-hydrogen) atoms. The molecule has 0 fully saturated rings. The Morgan fingerprint density at radius 1 is 1.33 bits per heavy atom. The zero-order chi connectivity index (χ0) is 13.6. The monoisotopic (exact) mass is 267 g/mol. The number of rotatable bonds is 7. The van der Waals surface area contributed by atoms with Gasteiger partial charge >= 0.3 is 6.18 Å². The lowest BCUT2D eigenvalue weighted by atomic mass is 10.2. The first-order valence-corrected chi connectivity index (χ1v) is 5.66. The van der Waals surface area contributed by atoms with Crippen LogP contribution >= 0.6 is 0 Å². The number of nitrogens with one attached hydrogen (secondary N) is 1. The van der Waals surface area contributed by atoms with Crippen LogP contribution in [-0.2, 0) is 11.3 Å². The average molecular weight is 267 g/mol. The van der Waals surface area contributed by atoms with Crippen LogP contribution in [-0.4, -0.2) is 29.5 Å². The Hall–Kier alpha value is -1.15. The fourth-order valence-electron chi connectivity index (χ4n) is 1.37. The van der Waals surface area contributed by atoms with Crippen molar-refractivity contribution in [1.29, 1.82) is 0 Å². The summed E-state index contributed by atoms with van der Waals surface area (Å²) in [6.07, 6.45) is -3.60. The van der Waals surface area contributed by atoms with Gasteiger partial charge in [0.15, 0.2) is 0 Å². The minimum atomic E-state index is -4.35. The normalized spacial score (nSPS) is 13.8. The Bertz CT molecular complexity index is 354. The zero-order valence-corrected chi connectivity index (χ0v) is 10.3. The molecule has 104 valence electrons. The number of ether oxygens (including phenoxy) is 1. The van der Waals surface area contributed by atoms with Gasteiger partial charge in [-0.05, 0) is 13.0 Å². The van der Waals surface area contributed by atoms with Gasteiger partial charge in [0.2, 0.25) is 11.8 Å². The summed E-state index contributed by atoms with van der Waals surface area (Å²) in [5, 5.41) is 10.5. The molecule has 0 amide bonds. The van der Waals surface area contributed by atoms with E-state index in [9.17, 15) is 13.2 Å². The Morgan fingerprint density at radius 3 is 2.61 bits per heavy atom. The van der Waals surface area contributed by atoms with E-state index >= 15 is 0 Å². The van der Waals surface area contributed by atoms with Gasteiger partial charge in [0.1, 0.15) is 13.2 Å². The lowest BCUT2D eigenvalue weighted by Gasteiger charge is -2.10. The molecule has 0 aliphatic rings. The molecule has 5 nitrogen and oxygen atoms in total. The summed E-state index contributed by atoms with van der Waals surface area (Å²) in [7, 11) is 0. The van der Waals surface area contributed by atoms with Crippen LogP contribution in [0.1, 0.15) is 38.1 Å². The quantitative estimate of drug-likeness (QED) is 0.820. The highest BCUT2D eigenvalue weighted by Gasteiger charge is 2.27. The van der Waals surface area contributed by atoms with E-state index in [1.165, 1.54) is 0 Å². The molecule has 0 aliphatic carbocycles. The summed E-state index contributed by atoms with van der Waals surface area (Å²) in [6.45, 7) is 2.95. The number of alkyl halides is 3. The highest BCUT2D eigenvalue weighted by molar-refractivity contribution is 4.88. The van der Waals surface area contributed by atoms with E-state index in [0.717, 1.165) is 13.0 Å². The van der Waals surface area contributed by atoms with E-state index < -0.39 is 12.8 Å². The van der Waals surface area contributed by atoms with E-state index in [4.69, 9.17) is 4.42 Å². The molecule has 1 aromatic rings. The standard InChI is InChI=1S/C10H16F3N3O2/c1-3-7(14-4-2)9-16-15-8(18-9)5-17-6-10(11,12)13/h7,14H,3-6H2,1-2H3. The van der Waals surface area contributed by atoms with Gasteiger partial charge in [-0.15, -0.1) is 10.2 Å². The molecule has 1 atom stereocenters. The second kappa shape index (κ2) is 6.69. The van der Waals surface area contributed by atoms with E-state index in [1.807, 2.05) is 13.8 Å². The lowest BCUT2D eigenvalue weighted by Crippen LogP contribution is -2.20. The number of nitrogens with zero attached hydrogens (tertiary/aromatic N) is 2. The molecule has 0 aromatic carbocycles.